The van der Waals surface area contributed by atoms with Crippen molar-refractivity contribution >= 4 is 5.91 Å². The molecule has 0 aliphatic carbocycles. The lowest BCUT2D eigenvalue weighted by Crippen LogP contribution is -2.50. The minimum Gasteiger partial charge on any atom is -0.497 e. The van der Waals surface area contributed by atoms with E-state index in [1.165, 1.54) is 5.56 Å². The maximum atomic E-state index is 12.8. The predicted octanol–water partition coefficient (Wildman–Crippen LogP) is 2.21. The van der Waals surface area contributed by atoms with Crippen LogP contribution in [0.25, 0.3) is 0 Å². The Bertz CT molecular complexity index is 513. The van der Waals surface area contributed by atoms with Crippen LogP contribution in [-0.4, -0.2) is 37.6 Å². The molecule has 21 heavy (non-hydrogen) atoms. The lowest BCUT2D eigenvalue weighted by Gasteiger charge is -2.35. The number of nitrogens with one attached hydrogen (secondary N) is 1. The molecule has 1 aromatic carbocycles. The van der Waals surface area contributed by atoms with Gasteiger partial charge in [-0.25, -0.2) is 0 Å². The zero-order valence-corrected chi connectivity index (χ0v) is 12.8. The van der Waals surface area contributed by atoms with Crippen molar-refractivity contribution in [2.24, 2.45) is 11.8 Å². The summed E-state index contributed by atoms with van der Waals surface area (Å²) in [5, 5.41) is 3.26. The first-order chi connectivity index (χ1) is 10.2. The molecular formula is C17H24N2O2. The molecule has 0 aromatic heterocycles. The molecule has 2 aliphatic heterocycles. The van der Waals surface area contributed by atoms with E-state index in [1.807, 2.05) is 12.1 Å². The van der Waals surface area contributed by atoms with Gasteiger partial charge in [0.2, 0.25) is 5.91 Å². The van der Waals surface area contributed by atoms with Crippen LogP contribution in [0.3, 0.4) is 0 Å². The smallest absolute Gasteiger partial charge is 0.226 e. The standard InChI is InChI=1S/C17H24N2O2/c1-12(14-10-18-11-14)17(20)19-8-4-7-16(19)13-5-3-6-15(9-13)21-2/h3,5-6,9,12,14,16,18H,4,7-8,10-11H2,1-2H3. The Morgan fingerprint density at radius 2 is 2.24 bits per heavy atom. The Balaban J connectivity index is 1.76. The Kier molecular flexibility index (Phi) is 4.15. The van der Waals surface area contributed by atoms with E-state index in [0.29, 0.717) is 11.8 Å². The van der Waals surface area contributed by atoms with Crippen LogP contribution in [0, 0.1) is 11.8 Å². The topological polar surface area (TPSA) is 41.6 Å². The van der Waals surface area contributed by atoms with Crippen molar-refractivity contribution in [1.82, 2.24) is 10.2 Å². The van der Waals surface area contributed by atoms with Crippen molar-refractivity contribution in [3.63, 3.8) is 0 Å². The molecule has 2 heterocycles. The van der Waals surface area contributed by atoms with Crippen LogP contribution < -0.4 is 10.1 Å². The summed E-state index contributed by atoms with van der Waals surface area (Å²) >= 11 is 0. The molecular weight excluding hydrogens is 264 g/mol. The molecule has 2 atom stereocenters. The fraction of sp³-hybridized carbons (Fsp3) is 0.588. The van der Waals surface area contributed by atoms with Gasteiger partial charge in [0, 0.05) is 12.5 Å². The van der Waals surface area contributed by atoms with E-state index in [2.05, 4.69) is 29.3 Å². The molecule has 3 rings (SSSR count). The molecule has 2 fully saturated rings. The normalized spacial score (nSPS) is 23.7. The number of benzene rings is 1. The summed E-state index contributed by atoms with van der Waals surface area (Å²) in [5.74, 6) is 1.80. The number of hydrogen-bond acceptors (Lipinski definition) is 3. The van der Waals surface area contributed by atoms with E-state index < -0.39 is 0 Å². The van der Waals surface area contributed by atoms with Crippen molar-refractivity contribution in [2.75, 3.05) is 26.7 Å². The Hall–Kier alpha value is -1.55. The summed E-state index contributed by atoms with van der Waals surface area (Å²) in [6.45, 7) is 4.91. The zero-order valence-electron chi connectivity index (χ0n) is 12.8. The molecule has 0 radical (unpaired) electrons. The fourth-order valence-corrected chi connectivity index (χ4v) is 3.35. The van der Waals surface area contributed by atoms with Gasteiger partial charge in [0.1, 0.15) is 5.75 Å². The molecule has 1 amide bonds. The van der Waals surface area contributed by atoms with Crippen molar-refractivity contribution in [3.05, 3.63) is 29.8 Å². The first kappa shape index (κ1) is 14.4. The highest BCUT2D eigenvalue weighted by Crippen LogP contribution is 2.35. The first-order valence-electron chi connectivity index (χ1n) is 7.86. The Morgan fingerprint density at radius 1 is 1.43 bits per heavy atom. The molecule has 114 valence electrons. The molecule has 4 nitrogen and oxygen atoms in total. The monoisotopic (exact) mass is 288 g/mol. The highest BCUT2D eigenvalue weighted by molar-refractivity contribution is 5.79. The fourth-order valence-electron chi connectivity index (χ4n) is 3.35. The molecule has 0 spiro atoms. The number of methoxy groups -OCH3 is 1. The van der Waals surface area contributed by atoms with Gasteiger partial charge in [-0.3, -0.25) is 4.79 Å². The average molecular weight is 288 g/mol. The third-order valence-corrected chi connectivity index (χ3v) is 4.92. The van der Waals surface area contributed by atoms with Crippen LogP contribution in [0.4, 0.5) is 0 Å². The minimum absolute atomic E-state index is 0.123. The Morgan fingerprint density at radius 3 is 2.90 bits per heavy atom. The molecule has 2 aliphatic rings. The molecule has 0 saturated carbocycles. The highest BCUT2D eigenvalue weighted by atomic mass is 16.5. The summed E-state index contributed by atoms with van der Waals surface area (Å²) in [7, 11) is 1.68. The van der Waals surface area contributed by atoms with Crippen LogP contribution in [-0.2, 0) is 4.79 Å². The molecule has 2 unspecified atom stereocenters. The van der Waals surface area contributed by atoms with Gasteiger partial charge in [-0.05, 0) is 49.5 Å². The van der Waals surface area contributed by atoms with Gasteiger partial charge in [0.05, 0.1) is 13.2 Å². The third kappa shape index (κ3) is 2.77. The van der Waals surface area contributed by atoms with Gasteiger partial charge in [-0.15, -0.1) is 0 Å². The van der Waals surface area contributed by atoms with E-state index in [1.54, 1.807) is 7.11 Å². The van der Waals surface area contributed by atoms with E-state index in [0.717, 1.165) is 38.2 Å². The Labute approximate surface area is 126 Å². The second-order valence-corrected chi connectivity index (χ2v) is 6.17. The van der Waals surface area contributed by atoms with E-state index in [-0.39, 0.29) is 12.0 Å². The van der Waals surface area contributed by atoms with Crippen LogP contribution in [0.5, 0.6) is 5.75 Å². The average Bonchev–Trinajstić information content (AvgIpc) is 2.94. The first-order valence-corrected chi connectivity index (χ1v) is 7.86. The van der Waals surface area contributed by atoms with Gasteiger partial charge in [-0.1, -0.05) is 19.1 Å². The van der Waals surface area contributed by atoms with Crippen LogP contribution >= 0.6 is 0 Å². The number of hydrogen-bond donors (Lipinski definition) is 1. The summed E-state index contributed by atoms with van der Waals surface area (Å²) < 4.78 is 5.31. The number of nitrogens with zero attached hydrogens (tertiary/aromatic N) is 1. The SMILES string of the molecule is COc1cccc(C2CCCN2C(=O)C(C)C2CNC2)c1. The quantitative estimate of drug-likeness (QED) is 0.923. The molecule has 1 N–H and O–H groups in total. The van der Waals surface area contributed by atoms with Crippen LogP contribution in [0.1, 0.15) is 31.4 Å². The number of rotatable bonds is 4. The summed E-state index contributed by atoms with van der Waals surface area (Å²) in [6.07, 6.45) is 2.14. The van der Waals surface area contributed by atoms with Crippen LogP contribution in [0.15, 0.2) is 24.3 Å². The van der Waals surface area contributed by atoms with Crippen LogP contribution in [0.2, 0.25) is 0 Å². The van der Waals surface area contributed by atoms with Crippen molar-refractivity contribution < 1.29 is 9.53 Å². The van der Waals surface area contributed by atoms with E-state index in [9.17, 15) is 4.79 Å². The molecule has 2 saturated heterocycles. The minimum atomic E-state index is 0.123. The number of carbonyl (C=O) groups excluding carboxylic acids is 1. The summed E-state index contributed by atoms with van der Waals surface area (Å²) in [4.78, 5) is 14.9. The van der Waals surface area contributed by atoms with Gasteiger partial charge in [0.25, 0.3) is 0 Å². The maximum Gasteiger partial charge on any atom is 0.226 e. The van der Waals surface area contributed by atoms with Gasteiger partial charge in [0.15, 0.2) is 0 Å². The zero-order chi connectivity index (χ0) is 14.8. The number of ether oxygens (including phenoxy) is 1. The van der Waals surface area contributed by atoms with Gasteiger partial charge in [-0.2, -0.15) is 0 Å². The lowest BCUT2D eigenvalue weighted by molar-refractivity contribution is -0.138. The van der Waals surface area contributed by atoms with E-state index in [4.69, 9.17) is 4.74 Å². The largest absolute Gasteiger partial charge is 0.497 e. The lowest BCUT2D eigenvalue weighted by atomic mass is 9.87. The second-order valence-electron chi connectivity index (χ2n) is 6.17. The molecule has 1 aromatic rings. The van der Waals surface area contributed by atoms with E-state index >= 15 is 0 Å². The number of carbonyl (C=O) groups is 1. The molecule has 0 bridgehead atoms. The second kappa shape index (κ2) is 6.06. The van der Waals surface area contributed by atoms with Gasteiger partial charge < -0.3 is 15.0 Å². The summed E-state index contributed by atoms with van der Waals surface area (Å²) in [6, 6.07) is 8.34. The number of likely N-dealkylation sites (tertiary alicyclic amines) is 1. The van der Waals surface area contributed by atoms with Gasteiger partial charge >= 0.3 is 0 Å². The summed E-state index contributed by atoms with van der Waals surface area (Å²) in [5.41, 5.74) is 1.19. The maximum absolute atomic E-state index is 12.8. The third-order valence-electron chi connectivity index (χ3n) is 4.92. The van der Waals surface area contributed by atoms with Crippen molar-refractivity contribution in [2.45, 2.75) is 25.8 Å². The number of amides is 1. The van der Waals surface area contributed by atoms with Crippen molar-refractivity contribution in [1.29, 1.82) is 0 Å². The highest BCUT2D eigenvalue weighted by Gasteiger charge is 2.36. The van der Waals surface area contributed by atoms with Crippen molar-refractivity contribution in [3.8, 4) is 5.75 Å². The predicted molar refractivity (Wildman–Crippen MR) is 82.2 cm³/mol. The molecule has 4 heteroatoms.